The van der Waals surface area contributed by atoms with Crippen LogP contribution in [0.5, 0.6) is 0 Å². The minimum absolute atomic E-state index is 0.0368. The first-order valence-electron chi connectivity index (χ1n) is 6.10. The Balaban J connectivity index is 1.78. The first-order chi connectivity index (χ1) is 8.74. The van der Waals surface area contributed by atoms with Crippen LogP contribution in [-0.2, 0) is 11.3 Å². The third-order valence-electron chi connectivity index (χ3n) is 3.35. The number of hydrogen-bond acceptors (Lipinski definition) is 3. The molecular formula is C13H15N3O2. The molecule has 1 aromatic carbocycles. The summed E-state index contributed by atoms with van der Waals surface area (Å²) in [6, 6.07) is 7.74. The maximum atomic E-state index is 12.1. The molecule has 1 amide bonds. The molecule has 3 rings (SSSR count). The Morgan fingerprint density at radius 3 is 3.06 bits per heavy atom. The molecule has 1 saturated heterocycles. The van der Waals surface area contributed by atoms with E-state index in [-0.39, 0.29) is 18.6 Å². The number of benzene rings is 1. The molecule has 0 spiro atoms. The Labute approximate surface area is 105 Å². The van der Waals surface area contributed by atoms with Crippen molar-refractivity contribution in [2.45, 2.75) is 19.1 Å². The van der Waals surface area contributed by atoms with E-state index in [4.69, 9.17) is 0 Å². The van der Waals surface area contributed by atoms with E-state index < -0.39 is 0 Å². The zero-order valence-corrected chi connectivity index (χ0v) is 9.99. The quantitative estimate of drug-likeness (QED) is 0.844. The molecular weight excluding hydrogens is 230 g/mol. The number of imidazole rings is 1. The van der Waals surface area contributed by atoms with Crippen molar-refractivity contribution in [3.63, 3.8) is 0 Å². The van der Waals surface area contributed by atoms with Crippen molar-refractivity contribution in [3.8, 4) is 0 Å². The second-order valence-corrected chi connectivity index (χ2v) is 4.64. The number of β-amino-alcohol motifs (C(OH)–C–C–N with tert-alkyl or cyclic N) is 1. The third kappa shape index (κ3) is 1.97. The second-order valence-electron chi connectivity index (χ2n) is 4.64. The van der Waals surface area contributed by atoms with Gasteiger partial charge in [-0.2, -0.15) is 0 Å². The van der Waals surface area contributed by atoms with Gasteiger partial charge in [-0.25, -0.2) is 4.98 Å². The molecule has 1 aliphatic rings. The summed E-state index contributed by atoms with van der Waals surface area (Å²) in [5.74, 6) is 0.0368. The van der Waals surface area contributed by atoms with Crippen LogP contribution < -0.4 is 0 Å². The fourth-order valence-electron chi connectivity index (χ4n) is 2.35. The molecule has 0 radical (unpaired) electrons. The average molecular weight is 245 g/mol. The highest BCUT2D eigenvalue weighted by molar-refractivity contribution is 5.80. The van der Waals surface area contributed by atoms with Crippen molar-refractivity contribution in [1.82, 2.24) is 14.5 Å². The number of likely N-dealkylation sites (tertiary alicyclic amines) is 1. The average Bonchev–Trinajstić information content (AvgIpc) is 2.97. The minimum atomic E-state index is -0.367. The molecule has 5 heteroatoms. The van der Waals surface area contributed by atoms with Crippen molar-refractivity contribution < 1.29 is 9.90 Å². The van der Waals surface area contributed by atoms with Crippen molar-refractivity contribution in [2.75, 3.05) is 13.1 Å². The number of aliphatic hydroxyl groups excluding tert-OH is 1. The van der Waals surface area contributed by atoms with Crippen molar-refractivity contribution >= 4 is 16.9 Å². The number of nitrogens with zero attached hydrogens (tertiary/aromatic N) is 3. The molecule has 1 atom stereocenters. The summed E-state index contributed by atoms with van der Waals surface area (Å²) in [5.41, 5.74) is 1.86. The number of carbonyl (C=O) groups is 1. The molecule has 18 heavy (non-hydrogen) atoms. The van der Waals surface area contributed by atoms with Gasteiger partial charge >= 0.3 is 0 Å². The van der Waals surface area contributed by atoms with Crippen LogP contribution in [0.4, 0.5) is 0 Å². The lowest BCUT2D eigenvalue weighted by Crippen LogP contribution is -2.32. The van der Waals surface area contributed by atoms with Gasteiger partial charge < -0.3 is 14.6 Å². The number of aromatic nitrogens is 2. The highest BCUT2D eigenvalue weighted by Gasteiger charge is 2.24. The predicted molar refractivity (Wildman–Crippen MR) is 66.9 cm³/mol. The maximum absolute atomic E-state index is 12.1. The lowest BCUT2D eigenvalue weighted by atomic mass is 10.3. The molecule has 1 N–H and O–H groups in total. The van der Waals surface area contributed by atoms with E-state index in [2.05, 4.69) is 4.98 Å². The molecule has 1 aromatic heterocycles. The van der Waals surface area contributed by atoms with E-state index in [1.54, 1.807) is 11.2 Å². The number of carbonyl (C=O) groups excluding carboxylic acids is 1. The Morgan fingerprint density at radius 2 is 2.28 bits per heavy atom. The summed E-state index contributed by atoms with van der Waals surface area (Å²) in [6.45, 7) is 1.38. The summed E-state index contributed by atoms with van der Waals surface area (Å²) < 4.78 is 1.85. The van der Waals surface area contributed by atoms with E-state index in [9.17, 15) is 9.90 Å². The van der Waals surface area contributed by atoms with Gasteiger partial charge in [-0.15, -0.1) is 0 Å². The second kappa shape index (κ2) is 4.42. The fraction of sp³-hybridized carbons (Fsp3) is 0.385. The van der Waals surface area contributed by atoms with E-state index >= 15 is 0 Å². The molecule has 94 valence electrons. The van der Waals surface area contributed by atoms with E-state index in [1.165, 1.54) is 0 Å². The number of para-hydroxylation sites is 2. The Bertz CT molecular complexity index is 578. The van der Waals surface area contributed by atoms with Crippen LogP contribution in [0.3, 0.4) is 0 Å². The van der Waals surface area contributed by atoms with Gasteiger partial charge in [-0.05, 0) is 18.6 Å². The van der Waals surface area contributed by atoms with Gasteiger partial charge in [0.15, 0.2) is 0 Å². The van der Waals surface area contributed by atoms with Gasteiger partial charge in [0.25, 0.3) is 0 Å². The van der Waals surface area contributed by atoms with Gasteiger partial charge in [0, 0.05) is 13.1 Å². The topological polar surface area (TPSA) is 58.4 Å². The SMILES string of the molecule is O=C(Cn1cnc2ccccc21)N1CC[C@@H](O)C1. The molecule has 5 nitrogen and oxygen atoms in total. The van der Waals surface area contributed by atoms with Crippen LogP contribution in [0.15, 0.2) is 30.6 Å². The number of hydrogen-bond donors (Lipinski definition) is 1. The molecule has 0 aliphatic carbocycles. The normalized spacial score (nSPS) is 19.6. The van der Waals surface area contributed by atoms with Crippen LogP contribution in [0.25, 0.3) is 11.0 Å². The van der Waals surface area contributed by atoms with E-state index in [1.807, 2.05) is 28.8 Å². The van der Waals surface area contributed by atoms with Crippen molar-refractivity contribution in [1.29, 1.82) is 0 Å². The number of rotatable bonds is 2. The molecule has 1 fully saturated rings. The van der Waals surface area contributed by atoms with Gasteiger partial charge in [-0.3, -0.25) is 4.79 Å². The third-order valence-corrected chi connectivity index (χ3v) is 3.35. The van der Waals surface area contributed by atoms with Gasteiger partial charge in [0.1, 0.15) is 6.54 Å². The molecule has 1 aliphatic heterocycles. The van der Waals surface area contributed by atoms with Gasteiger partial charge in [-0.1, -0.05) is 12.1 Å². The lowest BCUT2D eigenvalue weighted by Gasteiger charge is -2.15. The highest BCUT2D eigenvalue weighted by atomic mass is 16.3. The van der Waals surface area contributed by atoms with Crippen LogP contribution >= 0.6 is 0 Å². The largest absolute Gasteiger partial charge is 0.391 e. The zero-order chi connectivity index (χ0) is 12.5. The molecule has 0 unspecified atom stereocenters. The van der Waals surface area contributed by atoms with E-state index in [0.717, 1.165) is 11.0 Å². The molecule has 2 aromatic rings. The summed E-state index contributed by atoms with van der Waals surface area (Å²) in [6.07, 6.45) is 2.00. The number of aliphatic hydroxyl groups is 1. The number of fused-ring (bicyclic) bond motifs is 1. The molecule has 0 bridgehead atoms. The van der Waals surface area contributed by atoms with Crippen LogP contribution in [-0.4, -0.2) is 44.7 Å². The summed E-state index contributed by atoms with van der Waals surface area (Å²) in [7, 11) is 0. The fourth-order valence-corrected chi connectivity index (χ4v) is 2.35. The standard InChI is InChI=1S/C13H15N3O2/c17-10-5-6-15(7-10)13(18)8-16-9-14-11-3-1-2-4-12(11)16/h1-4,9-10,17H,5-8H2/t10-/m1/s1. The summed E-state index contributed by atoms with van der Waals surface area (Å²) >= 11 is 0. The van der Waals surface area contributed by atoms with Crippen LogP contribution in [0, 0.1) is 0 Å². The van der Waals surface area contributed by atoms with Gasteiger partial charge in [0.2, 0.25) is 5.91 Å². The maximum Gasteiger partial charge on any atom is 0.242 e. The van der Waals surface area contributed by atoms with Crippen LogP contribution in [0.2, 0.25) is 0 Å². The monoisotopic (exact) mass is 245 g/mol. The zero-order valence-electron chi connectivity index (χ0n) is 9.99. The van der Waals surface area contributed by atoms with Crippen LogP contribution in [0.1, 0.15) is 6.42 Å². The molecule has 2 heterocycles. The molecule has 0 saturated carbocycles. The predicted octanol–water partition coefficient (Wildman–Crippen LogP) is 0.629. The van der Waals surface area contributed by atoms with Crippen molar-refractivity contribution in [2.24, 2.45) is 0 Å². The van der Waals surface area contributed by atoms with E-state index in [0.29, 0.717) is 19.5 Å². The van der Waals surface area contributed by atoms with Gasteiger partial charge in [0.05, 0.1) is 23.5 Å². The summed E-state index contributed by atoms with van der Waals surface area (Å²) in [4.78, 5) is 18.0. The first kappa shape index (κ1) is 11.2. The number of amides is 1. The Hall–Kier alpha value is -1.88. The Kier molecular flexibility index (Phi) is 2.76. The summed E-state index contributed by atoms with van der Waals surface area (Å²) in [5, 5.41) is 9.43. The minimum Gasteiger partial charge on any atom is -0.391 e. The van der Waals surface area contributed by atoms with Crippen molar-refractivity contribution in [3.05, 3.63) is 30.6 Å². The Morgan fingerprint density at radius 1 is 1.44 bits per heavy atom. The highest BCUT2D eigenvalue weighted by Crippen LogP contribution is 2.14. The first-order valence-corrected chi connectivity index (χ1v) is 6.10. The smallest absolute Gasteiger partial charge is 0.242 e. The lowest BCUT2D eigenvalue weighted by molar-refractivity contribution is -0.131.